The van der Waals surface area contributed by atoms with Crippen LogP contribution in [0.25, 0.3) is 0 Å². The molecule has 0 bridgehead atoms. The van der Waals surface area contributed by atoms with Gasteiger partial charge in [-0.15, -0.1) is 0 Å². The number of halogens is 3. The van der Waals surface area contributed by atoms with Crippen LogP contribution in [0.1, 0.15) is 12.5 Å². The smallest absolute Gasteiger partial charge is 0.353 e. The first-order valence-corrected chi connectivity index (χ1v) is 8.10. The summed E-state index contributed by atoms with van der Waals surface area (Å²) in [6.45, 7) is 1.99. The number of alkyl halides is 3. The van der Waals surface area contributed by atoms with E-state index in [1.165, 1.54) is 17.1 Å². The predicted octanol–water partition coefficient (Wildman–Crippen LogP) is 3.65. The van der Waals surface area contributed by atoms with Crippen molar-refractivity contribution >= 4 is 27.1 Å². The Morgan fingerprint density at radius 3 is 2.30 bits per heavy atom. The van der Waals surface area contributed by atoms with Gasteiger partial charge in [0.05, 0.1) is 17.6 Å². The van der Waals surface area contributed by atoms with Gasteiger partial charge in [0.25, 0.3) is 0 Å². The second-order valence-corrected chi connectivity index (χ2v) is 6.32. The van der Waals surface area contributed by atoms with E-state index in [4.69, 9.17) is 0 Å². The van der Waals surface area contributed by atoms with Gasteiger partial charge in [-0.3, -0.25) is 9.71 Å². The SMILES string of the molecule is CCc1ccc(Nc2cnccc2NS(=O)(=O)C(F)(F)F)cc1. The van der Waals surface area contributed by atoms with Crippen molar-refractivity contribution in [2.45, 2.75) is 18.9 Å². The molecule has 0 saturated carbocycles. The summed E-state index contributed by atoms with van der Waals surface area (Å²) < 4.78 is 61.4. The molecule has 1 aromatic heterocycles. The highest BCUT2D eigenvalue weighted by Gasteiger charge is 2.46. The third kappa shape index (κ3) is 4.13. The summed E-state index contributed by atoms with van der Waals surface area (Å²) in [5, 5.41) is 2.84. The van der Waals surface area contributed by atoms with E-state index < -0.39 is 15.5 Å². The highest BCUT2D eigenvalue weighted by molar-refractivity contribution is 7.93. The fourth-order valence-corrected chi connectivity index (χ4v) is 2.35. The molecule has 0 radical (unpaired) electrons. The van der Waals surface area contributed by atoms with Gasteiger partial charge < -0.3 is 5.32 Å². The molecule has 23 heavy (non-hydrogen) atoms. The quantitative estimate of drug-likeness (QED) is 0.868. The molecular formula is C14H14F3N3O2S. The van der Waals surface area contributed by atoms with E-state index >= 15 is 0 Å². The minimum atomic E-state index is -5.49. The molecule has 1 aromatic carbocycles. The summed E-state index contributed by atoms with van der Waals surface area (Å²) in [6.07, 6.45) is 3.28. The highest BCUT2D eigenvalue weighted by atomic mass is 32.2. The van der Waals surface area contributed by atoms with Crippen LogP contribution in [-0.2, 0) is 16.4 Å². The molecular weight excluding hydrogens is 331 g/mol. The second kappa shape index (κ2) is 6.45. The first-order valence-electron chi connectivity index (χ1n) is 6.62. The first kappa shape index (κ1) is 17.1. The Hall–Kier alpha value is -2.29. The number of benzene rings is 1. The number of nitrogens with one attached hydrogen (secondary N) is 2. The second-order valence-electron chi connectivity index (χ2n) is 4.65. The molecule has 2 aromatic rings. The van der Waals surface area contributed by atoms with Gasteiger partial charge in [0, 0.05) is 11.9 Å². The number of nitrogens with zero attached hydrogens (tertiary/aromatic N) is 1. The number of rotatable bonds is 5. The number of aryl methyl sites for hydroxylation is 1. The number of sulfonamides is 1. The molecule has 5 nitrogen and oxygen atoms in total. The Bertz CT molecular complexity index is 775. The van der Waals surface area contributed by atoms with Crippen LogP contribution in [0.4, 0.5) is 30.2 Å². The van der Waals surface area contributed by atoms with Crippen molar-refractivity contribution in [1.29, 1.82) is 0 Å². The lowest BCUT2D eigenvalue weighted by Crippen LogP contribution is -2.30. The number of hydrogen-bond donors (Lipinski definition) is 2. The van der Waals surface area contributed by atoms with Crippen LogP contribution in [0.2, 0.25) is 0 Å². The molecule has 0 fully saturated rings. The monoisotopic (exact) mass is 345 g/mol. The van der Waals surface area contributed by atoms with Crippen molar-refractivity contribution in [3.8, 4) is 0 Å². The van der Waals surface area contributed by atoms with E-state index in [1.54, 1.807) is 12.1 Å². The molecule has 0 saturated heterocycles. The van der Waals surface area contributed by atoms with Gasteiger partial charge in [-0.05, 0) is 30.2 Å². The normalized spacial score (nSPS) is 12.0. The lowest BCUT2D eigenvalue weighted by Gasteiger charge is -2.15. The average Bonchev–Trinajstić information content (AvgIpc) is 2.48. The third-order valence-electron chi connectivity index (χ3n) is 3.01. The van der Waals surface area contributed by atoms with Gasteiger partial charge >= 0.3 is 15.5 Å². The Labute approximate surface area is 131 Å². The first-order chi connectivity index (χ1) is 10.7. The summed E-state index contributed by atoms with van der Waals surface area (Å²) in [5.41, 5.74) is -3.82. The van der Waals surface area contributed by atoms with Crippen molar-refractivity contribution in [1.82, 2.24) is 4.98 Å². The predicted molar refractivity (Wildman–Crippen MR) is 81.9 cm³/mol. The maximum atomic E-state index is 12.5. The van der Waals surface area contributed by atoms with Crippen LogP contribution in [0.3, 0.4) is 0 Å². The van der Waals surface area contributed by atoms with Crippen molar-refractivity contribution in [3.63, 3.8) is 0 Å². The summed E-state index contributed by atoms with van der Waals surface area (Å²) in [6, 6.07) is 8.35. The zero-order valence-electron chi connectivity index (χ0n) is 12.1. The van der Waals surface area contributed by atoms with Crippen molar-refractivity contribution in [2.75, 3.05) is 10.0 Å². The van der Waals surface area contributed by atoms with Crippen LogP contribution >= 0.6 is 0 Å². The van der Waals surface area contributed by atoms with Crippen LogP contribution in [0.5, 0.6) is 0 Å². The van der Waals surface area contributed by atoms with Gasteiger partial charge in [0.15, 0.2) is 0 Å². The van der Waals surface area contributed by atoms with Crippen LogP contribution < -0.4 is 10.0 Å². The van der Waals surface area contributed by atoms with E-state index in [0.717, 1.165) is 18.1 Å². The lowest BCUT2D eigenvalue weighted by atomic mass is 10.1. The molecule has 9 heteroatoms. The van der Waals surface area contributed by atoms with Gasteiger partial charge in [0.2, 0.25) is 0 Å². The number of hydrogen-bond acceptors (Lipinski definition) is 4. The molecule has 0 spiro atoms. The summed E-state index contributed by atoms with van der Waals surface area (Å²) in [4.78, 5) is 3.79. The summed E-state index contributed by atoms with van der Waals surface area (Å²) in [7, 11) is -5.49. The Balaban J connectivity index is 2.27. The minimum absolute atomic E-state index is 0.115. The molecule has 0 aliphatic carbocycles. The molecule has 0 aliphatic heterocycles. The fourth-order valence-electron chi connectivity index (χ4n) is 1.76. The van der Waals surface area contributed by atoms with Gasteiger partial charge in [-0.25, -0.2) is 0 Å². The standard InChI is InChI=1S/C14H14F3N3O2S/c1-2-10-3-5-11(6-4-10)19-13-9-18-8-7-12(13)20-23(21,22)14(15,16)17/h3-9,19H,2H2,1H3,(H,18,20). The van der Waals surface area contributed by atoms with Crippen molar-refractivity contribution in [3.05, 3.63) is 48.3 Å². The van der Waals surface area contributed by atoms with E-state index in [0.29, 0.717) is 5.69 Å². The van der Waals surface area contributed by atoms with Gasteiger partial charge in [0.1, 0.15) is 0 Å². The van der Waals surface area contributed by atoms with Crippen LogP contribution in [0.15, 0.2) is 42.7 Å². The maximum Gasteiger partial charge on any atom is 0.516 e. The lowest BCUT2D eigenvalue weighted by molar-refractivity contribution is -0.0429. The van der Waals surface area contributed by atoms with Crippen LogP contribution in [0, 0.1) is 0 Å². The largest absolute Gasteiger partial charge is 0.516 e. The zero-order chi connectivity index (χ0) is 17.1. The third-order valence-corrected chi connectivity index (χ3v) is 4.11. The Morgan fingerprint density at radius 1 is 1.09 bits per heavy atom. The van der Waals surface area contributed by atoms with Crippen molar-refractivity contribution in [2.24, 2.45) is 0 Å². The molecule has 124 valence electrons. The van der Waals surface area contributed by atoms with Crippen molar-refractivity contribution < 1.29 is 21.6 Å². The molecule has 0 unspecified atom stereocenters. The molecule has 0 amide bonds. The van der Waals surface area contributed by atoms with Crippen LogP contribution in [-0.4, -0.2) is 18.9 Å². The number of aromatic nitrogens is 1. The van der Waals surface area contributed by atoms with E-state index in [-0.39, 0.29) is 11.4 Å². The van der Waals surface area contributed by atoms with E-state index in [1.807, 2.05) is 19.1 Å². The van der Waals surface area contributed by atoms with E-state index in [9.17, 15) is 21.6 Å². The molecule has 2 rings (SSSR count). The van der Waals surface area contributed by atoms with E-state index in [2.05, 4.69) is 10.3 Å². The Morgan fingerprint density at radius 2 is 1.74 bits per heavy atom. The number of pyridine rings is 1. The molecule has 2 N–H and O–H groups in total. The summed E-state index contributed by atoms with van der Waals surface area (Å²) in [5.74, 6) is 0. The Kier molecular flexibility index (Phi) is 4.79. The summed E-state index contributed by atoms with van der Waals surface area (Å²) >= 11 is 0. The molecule has 0 atom stereocenters. The van der Waals surface area contributed by atoms with Gasteiger partial charge in [-0.1, -0.05) is 19.1 Å². The molecule has 0 aliphatic rings. The maximum absolute atomic E-state index is 12.5. The zero-order valence-corrected chi connectivity index (χ0v) is 12.9. The number of anilines is 3. The molecule has 1 heterocycles. The van der Waals surface area contributed by atoms with Gasteiger partial charge in [-0.2, -0.15) is 21.6 Å². The minimum Gasteiger partial charge on any atom is -0.353 e. The topological polar surface area (TPSA) is 71.1 Å². The highest BCUT2D eigenvalue weighted by Crippen LogP contribution is 2.30. The average molecular weight is 345 g/mol. The fraction of sp³-hybridized carbons (Fsp3) is 0.214.